The van der Waals surface area contributed by atoms with Crippen LogP contribution in [0.15, 0.2) is 23.1 Å². The molecular weight excluding hydrogens is 318 g/mol. The molecule has 2 aromatic heterocycles. The van der Waals surface area contributed by atoms with E-state index in [-0.39, 0.29) is 11.9 Å². The predicted molar refractivity (Wildman–Crippen MR) is 90.8 cm³/mol. The van der Waals surface area contributed by atoms with Crippen LogP contribution in [-0.2, 0) is 6.54 Å². The van der Waals surface area contributed by atoms with E-state index in [9.17, 15) is 4.79 Å². The molecule has 2 aliphatic heterocycles. The van der Waals surface area contributed by atoms with Crippen LogP contribution in [0, 0.1) is 6.92 Å². The topological polar surface area (TPSA) is 75.4 Å². The Labute approximate surface area is 147 Å². The first-order chi connectivity index (χ1) is 12.2. The molecule has 0 saturated carbocycles. The summed E-state index contributed by atoms with van der Waals surface area (Å²) in [5, 5.41) is 0. The monoisotopic (exact) mass is 341 g/mol. The van der Waals surface area contributed by atoms with Gasteiger partial charge in [-0.15, -0.1) is 0 Å². The van der Waals surface area contributed by atoms with Crippen LogP contribution in [0.4, 0.5) is 0 Å². The van der Waals surface area contributed by atoms with Crippen molar-refractivity contribution in [2.75, 3.05) is 19.6 Å². The Morgan fingerprint density at radius 3 is 2.80 bits per heavy atom. The summed E-state index contributed by atoms with van der Waals surface area (Å²) in [6, 6.07) is -0.0319. The fourth-order valence-electron chi connectivity index (χ4n) is 3.76. The van der Waals surface area contributed by atoms with Crippen molar-refractivity contribution in [2.45, 2.75) is 45.2 Å². The summed E-state index contributed by atoms with van der Waals surface area (Å²) >= 11 is 0. The maximum Gasteiger partial charge on any atom is 0.276 e. The Balaban J connectivity index is 1.52. The van der Waals surface area contributed by atoms with Gasteiger partial charge in [-0.3, -0.25) is 19.7 Å². The normalized spacial score (nSPS) is 21.2. The van der Waals surface area contributed by atoms with Crippen molar-refractivity contribution in [1.82, 2.24) is 24.8 Å². The summed E-state index contributed by atoms with van der Waals surface area (Å²) < 4.78 is 5.19. The second-order valence-electron chi connectivity index (χ2n) is 6.83. The third-order valence-corrected chi connectivity index (χ3v) is 4.98. The highest BCUT2D eigenvalue weighted by atomic mass is 16.3. The van der Waals surface area contributed by atoms with E-state index in [4.69, 9.17) is 9.40 Å². The first-order valence-electron chi connectivity index (χ1n) is 8.97. The molecule has 25 heavy (non-hydrogen) atoms. The van der Waals surface area contributed by atoms with E-state index in [1.807, 2.05) is 11.1 Å². The van der Waals surface area contributed by atoms with Gasteiger partial charge in [0.1, 0.15) is 6.26 Å². The lowest BCUT2D eigenvalue weighted by Gasteiger charge is -2.23. The summed E-state index contributed by atoms with van der Waals surface area (Å²) in [6.07, 6.45) is 9.45. The van der Waals surface area contributed by atoms with E-state index in [0.29, 0.717) is 18.1 Å². The number of amides is 1. The van der Waals surface area contributed by atoms with Gasteiger partial charge in [0.25, 0.3) is 5.91 Å². The number of nitrogens with zero attached hydrogens (tertiary/aromatic N) is 5. The van der Waals surface area contributed by atoms with E-state index in [2.05, 4.69) is 14.9 Å². The first-order valence-corrected chi connectivity index (χ1v) is 8.97. The number of rotatable bonds is 4. The summed E-state index contributed by atoms with van der Waals surface area (Å²) in [4.78, 5) is 30.4. The highest BCUT2D eigenvalue weighted by Gasteiger charge is 2.33. The summed E-state index contributed by atoms with van der Waals surface area (Å²) in [5.41, 5.74) is 2.23. The van der Waals surface area contributed by atoms with Gasteiger partial charge in [-0.1, -0.05) is 0 Å². The van der Waals surface area contributed by atoms with E-state index in [1.165, 1.54) is 19.1 Å². The zero-order valence-corrected chi connectivity index (χ0v) is 14.5. The van der Waals surface area contributed by atoms with Gasteiger partial charge < -0.3 is 9.32 Å². The number of likely N-dealkylation sites (tertiary alicyclic amines) is 2. The molecule has 2 saturated heterocycles. The molecule has 2 aliphatic rings. The van der Waals surface area contributed by atoms with Crippen LogP contribution in [0.3, 0.4) is 0 Å². The van der Waals surface area contributed by atoms with E-state index in [0.717, 1.165) is 43.9 Å². The van der Waals surface area contributed by atoms with Gasteiger partial charge in [-0.05, 0) is 38.8 Å². The van der Waals surface area contributed by atoms with E-state index >= 15 is 0 Å². The van der Waals surface area contributed by atoms with Crippen molar-refractivity contribution in [2.24, 2.45) is 0 Å². The van der Waals surface area contributed by atoms with E-state index in [1.54, 1.807) is 13.1 Å². The molecule has 0 unspecified atom stereocenters. The van der Waals surface area contributed by atoms with Gasteiger partial charge in [0.05, 0.1) is 23.6 Å². The molecule has 4 rings (SSSR count). The minimum absolute atomic E-state index is 0.0319. The van der Waals surface area contributed by atoms with Crippen LogP contribution in [0.5, 0.6) is 0 Å². The number of carbonyl (C=O) groups excluding carboxylic acids is 1. The van der Waals surface area contributed by atoms with Crippen LogP contribution in [0.2, 0.25) is 0 Å². The summed E-state index contributed by atoms with van der Waals surface area (Å²) in [5.74, 6) is 0.414. The average molecular weight is 341 g/mol. The standard InChI is InChI=1S/C18H23N5O2/c1-13-20-16(12-25-13)18(24)23-8-4-5-17(23)15-10-19-9-14(21-15)11-22-6-2-3-7-22/h9-10,12,17H,2-8,11H2,1H3/t17-/m1/s1. The molecule has 4 heterocycles. The quantitative estimate of drug-likeness (QED) is 0.850. The predicted octanol–water partition coefficient (Wildman–Crippen LogP) is 2.35. The van der Waals surface area contributed by atoms with Gasteiger partial charge in [0.2, 0.25) is 0 Å². The van der Waals surface area contributed by atoms with Crippen LogP contribution < -0.4 is 0 Å². The maximum absolute atomic E-state index is 12.8. The smallest absolute Gasteiger partial charge is 0.276 e. The molecule has 7 nitrogen and oxygen atoms in total. The number of aryl methyl sites for hydroxylation is 1. The van der Waals surface area contributed by atoms with Gasteiger partial charge in [0.15, 0.2) is 11.6 Å². The molecule has 2 aromatic rings. The van der Waals surface area contributed by atoms with Crippen LogP contribution in [-0.4, -0.2) is 50.3 Å². The van der Waals surface area contributed by atoms with Gasteiger partial charge in [-0.2, -0.15) is 0 Å². The minimum Gasteiger partial charge on any atom is -0.448 e. The van der Waals surface area contributed by atoms with Crippen LogP contribution >= 0.6 is 0 Å². The number of aromatic nitrogens is 3. The highest BCUT2D eigenvalue weighted by Crippen LogP contribution is 2.32. The van der Waals surface area contributed by atoms with Crippen LogP contribution in [0.1, 0.15) is 59.5 Å². The summed E-state index contributed by atoms with van der Waals surface area (Å²) in [7, 11) is 0. The van der Waals surface area contributed by atoms with Crippen molar-refractivity contribution in [3.63, 3.8) is 0 Å². The lowest BCUT2D eigenvalue weighted by atomic mass is 10.1. The molecule has 0 aromatic carbocycles. The van der Waals surface area contributed by atoms with Crippen molar-refractivity contribution in [3.05, 3.63) is 41.6 Å². The van der Waals surface area contributed by atoms with E-state index < -0.39 is 0 Å². The zero-order chi connectivity index (χ0) is 17.2. The van der Waals surface area contributed by atoms with Crippen molar-refractivity contribution < 1.29 is 9.21 Å². The molecule has 0 bridgehead atoms. The fourth-order valence-corrected chi connectivity index (χ4v) is 3.76. The maximum atomic E-state index is 12.8. The number of hydrogen-bond donors (Lipinski definition) is 0. The Hall–Kier alpha value is -2.28. The van der Waals surface area contributed by atoms with Crippen molar-refractivity contribution in [1.29, 1.82) is 0 Å². The Morgan fingerprint density at radius 1 is 1.20 bits per heavy atom. The third-order valence-electron chi connectivity index (χ3n) is 4.98. The Bertz CT molecular complexity index is 753. The van der Waals surface area contributed by atoms with Gasteiger partial charge >= 0.3 is 0 Å². The molecule has 132 valence electrons. The zero-order valence-electron chi connectivity index (χ0n) is 14.5. The summed E-state index contributed by atoms with van der Waals surface area (Å²) in [6.45, 7) is 5.56. The molecule has 0 radical (unpaired) electrons. The average Bonchev–Trinajstić information content (AvgIpc) is 3.36. The molecule has 7 heteroatoms. The minimum atomic E-state index is -0.0916. The lowest BCUT2D eigenvalue weighted by Crippen LogP contribution is -2.31. The van der Waals surface area contributed by atoms with Gasteiger partial charge in [-0.25, -0.2) is 4.98 Å². The Morgan fingerprint density at radius 2 is 2.04 bits per heavy atom. The first kappa shape index (κ1) is 16.2. The molecule has 0 N–H and O–H groups in total. The molecular formula is C18H23N5O2. The van der Waals surface area contributed by atoms with Gasteiger partial charge in [0, 0.05) is 26.2 Å². The largest absolute Gasteiger partial charge is 0.448 e. The second kappa shape index (κ2) is 6.92. The second-order valence-corrected chi connectivity index (χ2v) is 6.83. The molecule has 1 amide bonds. The molecule has 0 aliphatic carbocycles. The lowest BCUT2D eigenvalue weighted by molar-refractivity contribution is 0.0726. The number of carbonyl (C=O) groups is 1. The SMILES string of the molecule is Cc1nc(C(=O)N2CCC[C@@H]2c2cncc(CN3CCCC3)n2)co1. The van der Waals surface area contributed by atoms with Crippen LogP contribution in [0.25, 0.3) is 0 Å². The number of oxazole rings is 1. The van der Waals surface area contributed by atoms with Crippen molar-refractivity contribution >= 4 is 5.91 Å². The number of hydrogen-bond acceptors (Lipinski definition) is 6. The fraction of sp³-hybridized carbons (Fsp3) is 0.556. The Kier molecular flexibility index (Phi) is 4.48. The van der Waals surface area contributed by atoms with Crippen molar-refractivity contribution in [3.8, 4) is 0 Å². The third kappa shape index (κ3) is 3.42. The highest BCUT2D eigenvalue weighted by molar-refractivity contribution is 5.92. The molecule has 1 atom stereocenters. The molecule has 0 spiro atoms. The molecule has 2 fully saturated rings.